The number of fused-ring (bicyclic) bond motifs is 7. The van der Waals surface area contributed by atoms with Crippen LogP contribution in [0.4, 0.5) is 0 Å². The maximum Gasteiger partial charge on any atom is 1.00 e. The third-order valence-electron chi connectivity index (χ3n) is 9.60. The van der Waals surface area contributed by atoms with Crippen molar-refractivity contribution in [2.24, 2.45) is 11.7 Å². The first-order valence-electron chi connectivity index (χ1n) is 17.0. The van der Waals surface area contributed by atoms with Crippen molar-refractivity contribution in [2.75, 3.05) is 27.2 Å². The summed E-state index contributed by atoms with van der Waals surface area (Å²) in [5.41, 5.74) is 9.04. The zero-order valence-electron chi connectivity index (χ0n) is 29.4. The molecule has 1 aromatic heterocycles. The molecule has 1 spiro atoms. The number of hydrogen-bond donors (Lipinski definition) is 1. The average Bonchev–Trinajstić information content (AvgIpc) is 3.32. The molecule has 46 heavy (non-hydrogen) atoms. The Labute approximate surface area is 295 Å². The van der Waals surface area contributed by atoms with Crippen LogP contribution in [0, 0.1) is 25.7 Å². The van der Waals surface area contributed by atoms with Crippen LogP contribution < -0.4 is 11.3 Å². The molecule has 0 bridgehead atoms. The summed E-state index contributed by atoms with van der Waals surface area (Å²) in [6, 6.07) is 12.9. The summed E-state index contributed by atoms with van der Waals surface area (Å²) in [4.78, 5) is 20.2. The van der Waals surface area contributed by atoms with E-state index in [1.807, 2.05) is 26.0 Å². The quantitative estimate of drug-likeness (QED) is 0.164. The van der Waals surface area contributed by atoms with Gasteiger partial charge in [-0.3, -0.25) is 9.36 Å². The predicted molar refractivity (Wildman–Crippen MR) is 196 cm³/mol. The molecule has 2 aliphatic heterocycles. The van der Waals surface area contributed by atoms with Crippen LogP contribution in [0.3, 0.4) is 0 Å². The molecule has 0 radical (unpaired) electrons. The predicted octanol–water partition coefficient (Wildman–Crippen LogP) is 9.30. The standard InChI is InChI=1S/C26H28ClN3O.C9H16.C2H6.CH5N.CH3.Cu/c1-29-14-10-17(11-15-29)18-8-9-19-22(16-18)30-21-7-5-6-20(27)23(21)24(31)28-25(30)26(19)12-3-2-4-13-26;1-4-7-8-9(5-2)6-3;2*1-2;;/h5-9,16-17H,2-4,10-15H2,1H3;2,9H,4,6-8H2,1,3H3;1-2H3;2H2,1H3;1H3;/q;;;;-1;+1. The van der Waals surface area contributed by atoms with Crippen molar-refractivity contribution in [3.8, 4) is 18.0 Å². The van der Waals surface area contributed by atoms with Crippen LogP contribution in [-0.4, -0.2) is 41.6 Å². The van der Waals surface area contributed by atoms with Gasteiger partial charge in [0.1, 0.15) is 5.82 Å². The number of hydrogen-bond acceptors (Lipinski definition) is 4. The van der Waals surface area contributed by atoms with Crippen LogP contribution in [-0.2, 0) is 22.5 Å². The molecule has 0 amide bonds. The maximum atomic E-state index is 13.1. The van der Waals surface area contributed by atoms with Crippen molar-refractivity contribution in [1.82, 2.24) is 14.5 Å². The zero-order valence-corrected chi connectivity index (χ0v) is 31.1. The van der Waals surface area contributed by atoms with Crippen LogP contribution in [0.2, 0.25) is 5.02 Å². The molecule has 2 N–H and O–H groups in total. The minimum atomic E-state index is -0.194. The zero-order chi connectivity index (χ0) is 32.3. The van der Waals surface area contributed by atoms with E-state index in [2.05, 4.69) is 60.2 Å². The number of terminal acetylenes is 1. The molecule has 3 aliphatic rings. The molecule has 5 nitrogen and oxygen atoms in total. The summed E-state index contributed by atoms with van der Waals surface area (Å²) in [5, 5.41) is 1.03. The molecular weight excluding hydrogens is 639 g/mol. The number of benzene rings is 2. The first-order valence-corrected chi connectivity index (χ1v) is 17.4. The van der Waals surface area contributed by atoms with Gasteiger partial charge in [0, 0.05) is 5.92 Å². The third-order valence-corrected chi connectivity index (χ3v) is 9.92. The molecule has 3 aromatic rings. The summed E-state index contributed by atoms with van der Waals surface area (Å²) in [6.45, 7) is 10.6. The number of unbranched alkanes of at least 4 members (excludes halogenated alkanes) is 1. The van der Waals surface area contributed by atoms with Gasteiger partial charge in [-0.2, -0.15) is 4.98 Å². The minimum Gasteiger partial charge on any atom is -0.358 e. The van der Waals surface area contributed by atoms with Crippen LogP contribution in [0.25, 0.3) is 16.6 Å². The molecule has 3 heterocycles. The maximum absolute atomic E-state index is 13.1. The SMILES string of the molecule is C#CC(CC)CCCC.CC.CN.CN1CCC(c2ccc3c(c2)-n2c(nc(=O)c4c(Cl)cccc42)C32CCCCC2)CC1.[CH3-].[Cu+]. The van der Waals surface area contributed by atoms with E-state index in [1.165, 1.54) is 75.2 Å². The van der Waals surface area contributed by atoms with Crippen molar-refractivity contribution in [3.05, 3.63) is 76.2 Å². The number of nitrogens with two attached hydrogens (primary N) is 1. The summed E-state index contributed by atoms with van der Waals surface area (Å²) in [6.07, 6.45) is 18.3. The van der Waals surface area contributed by atoms with Crippen LogP contribution in [0.15, 0.2) is 41.2 Å². The van der Waals surface area contributed by atoms with Gasteiger partial charge in [0.05, 0.1) is 27.0 Å². The number of halogens is 1. The van der Waals surface area contributed by atoms with Gasteiger partial charge in [0.2, 0.25) is 0 Å². The van der Waals surface area contributed by atoms with Crippen LogP contribution in [0.5, 0.6) is 0 Å². The van der Waals surface area contributed by atoms with Crippen molar-refractivity contribution < 1.29 is 17.1 Å². The fourth-order valence-corrected chi connectivity index (χ4v) is 7.40. The number of nitrogens with zero attached hydrogens (tertiary/aromatic N) is 3. The van der Waals surface area contributed by atoms with Gasteiger partial charge in [-0.1, -0.05) is 89.6 Å². The Hall–Kier alpha value is -2.13. The van der Waals surface area contributed by atoms with Gasteiger partial charge in [0.25, 0.3) is 5.56 Å². The molecule has 1 saturated heterocycles. The molecule has 1 unspecified atom stereocenters. The van der Waals surface area contributed by atoms with E-state index in [4.69, 9.17) is 23.0 Å². The molecule has 2 fully saturated rings. The Morgan fingerprint density at radius 2 is 1.74 bits per heavy atom. The van der Waals surface area contributed by atoms with Gasteiger partial charge in [-0.05, 0) is 101 Å². The summed E-state index contributed by atoms with van der Waals surface area (Å²) in [7, 11) is 3.71. The molecule has 1 atom stereocenters. The third kappa shape index (κ3) is 8.86. The van der Waals surface area contributed by atoms with Crippen molar-refractivity contribution in [2.45, 2.75) is 110 Å². The normalized spacial score (nSPS) is 16.8. The second-order valence-corrected chi connectivity index (χ2v) is 12.5. The minimum absolute atomic E-state index is 0. The monoisotopic (exact) mass is 696 g/mol. The van der Waals surface area contributed by atoms with Crippen LogP contribution in [0.1, 0.15) is 121 Å². The van der Waals surface area contributed by atoms with Crippen LogP contribution >= 0.6 is 11.6 Å². The molecule has 1 saturated carbocycles. The Morgan fingerprint density at radius 1 is 1.09 bits per heavy atom. The first kappa shape index (κ1) is 41.9. The van der Waals surface area contributed by atoms with Gasteiger partial charge in [0.15, 0.2) is 0 Å². The first-order chi connectivity index (χ1) is 21.4. The Kier molecular flexibility index (Phi) is 18.5. The van der Waals surface area contributed by atoms with E-state index in [9.17, 15) is 4.79 Å². The van der Waals surface area contributed by atoms with Gasteiger partial charge < -0.3 is 18.1 Å². The van der Waals surface area contributed by atoms with Crippen molar-refractivity contribution >= 4 is 22.5 Å². The second kappa shape index (κ2) is 20.3. The van der Waals surface area contributed by atoms with Gasteiger partial charge >= 0.3 is 17.1 Å². The van der Waals surface area contributed by atoms with Crippen molar-refractivity contribution in [1.29, 1.82) is 0 Å². The Balaban J connectivity index is 0.000000612. The van der Waals surface area contributed by atoms with E-state index in [1.54, 1.807) is 6.07 Å². The number of piperidine rings is 1. The molecule has 258 valence electrons. The molecule has 1 aliphatic carbocycles. The molecule has 6 rings (SSSR count). The number of likely N-dealkylation sites (tertiary alicyclic amines) is 1. The van der Waals surface area contributed by atoms with E-state index in [0.29, 0.717) is 22.2 Å². The van der Waals surface area contributed by atoms with E-state index in [0.717, 1.165) is 43.7 Å². The van der Waals surface area contributed by atoms with Crippen molar-refractivity contribution in [3.63, 3.8) is 0 Å². The number of aromatic nitrogens is 2. The second-order valence-electron chi connectivity index (χ2n) is 12.1. The van der Waals surface area contributed by atoms with Gasteiger partial charge in [-0.25, -0.2) is 0 Å². The Morgan fingerprint density at radius 3 is 2.33 bits per heavy atom. The van der Waals surface area contributed by atoms with E-state index in [-0.39, 0.29) is 35.5 Å². The summed E-state index contributed by atoms with van der Waals surface area (Å²) in [5.74, 6) is 4.84. The summed E-state index contributed by atoms with van der Waals surface area (Å²) < 4.78 is 2.27. The largest absolute Gasteiger partial charge is 1.00 e. The number of rotatable bonds is 5. The summed E-state index contributed by atoms with van der Waals surface area (Å²) >= 11 is 6.48. The Bertz CT molecular complexity index is 1450. The smallest absolute Gasteiger partial charge is 0.358 e. The molecule has 2 aromatic carbocycles. The van der Waals surface area contributed by atoms with E-state index >= 15 is 0 Å². The van der Waals surface area contributed by atoms with E-state index < -0.39 is 0 Å². The van der Waals surface area contributed by atoms with Gasteiger partial charge in [-0.15, -0.1) is 12.3 Å². The topological polar surface area (TPSA) is 64.2 Å². The fraction of sp³-hybridized carbons (Fsp3) is 0.564. The fourth-order valence-electron chi connectivity index (χ4n) is 7.15. The molecular formula is C39H58ClCuN4O. The molecule has 7 heteroatoms. The average molecular weight is 698 g/mol.